The van der Waals surface area contributed by atoms with E-state index in [1.54, 1.807) is 18.0 Å². The standard InChI is InChI=1S/C20H24N6O2/c1-15-12-18(26(24-15)16-4-6-17(28-2)7-5-16)23-19(27)21-13-20(8-9-20)14-25-11-3-10-22-25/h3-7,10-12H,8-9,13-14H2,1-2H3,(H2,21,23,27). The number of nitrogens with one attached hydrogen (secondary N) is 2. The molecule has 0 saturated heterocycles. The Kier molecular flexibility index (Phi) is 4.77. The van der Waals surface area contributed by atoms with Crippen molar-refractivity contribution in [3.8, 4) is 11.4 Å². The lowest BCUT2D eigenvalue weighted by atomic mass is 10.1. The van der Waals surface area contributed by atoms with Crippen molar-refractivity contribution in [3.63, 3.8) is 0 Å². The monoisotopic (exact) mass is 380 g/mol. The molecular weight excluding hydrogens is 356 g/mol. The molecular formula is C20H24N6O2. The zero-order chi connectivity index (χ0) is 19.6. The molecule has 8 heteroatoms. The highest BCUT2D eigenvalue weighted by atomic mass is 16.5. The smallest absolute Gasteiger partial charge is 0.320 e. The molecule has 2 N–H and O–H groups in total. The van der Waals surface area contributed by atoms with E-state index in [2.05, 4.69) is 20.8 Å². The van der Waals surface area contributed by atoms with Crippen LogP contribution < -0.4 is 15.4 Å². The molecule has 28 heavy (non-hydrogen) atoms. The van der Waals surface area contributed by atoms with Gasteiger partial charge in [-0.05, 0) is 50.1 Å². The van der Waals surface area contributed by atoms with Gasteiger partial charge in [0, 0.05) is 37.0 Å². The van der Waals surface area contributed by atoms with Gasteiger partial charge in [-0.25, -0.2) is 9.48 Å². The van der Waals surface area contributed by atoms with E-state index >= 15 is 0 Å². The highest BCUT2D eigenvalue weighted by molar-refractivity contribution is 5.88. The van der Waals surface area contributed by atoms with Crippen molar-refractivity contribution >= 4 is 11.8 Å². The van der Waals surface area contributed by atoms with Crippen LogP contribution in [0.1, 0.15) is 18.5 Å². The second-order valence-corrected chi connectivity index (χ2v) is 7.29. The molecule has 0 atom stereocenters. The van der Waals surface area contributed by atoms with Gasteiger partial charge in [0.2, 0.25) is 0 Å². The molecule has 1 aliphatic carbocycles. The molecule has 2 heterocycles. The maximum Gasteiger partial charge on any atom is 0.320 e. The Labute approximate surface area is 163 Å². The van der Waals surface area contributed by atoms with Gasteiger partial charge in [0.25, 0.3) is 0 Å². The first-order valence-electron chi connectivity index (χ1n) is 9.30. The van der Waals surface area contributed by atoms with E-state index in [9.17, 15) is 4.79 Å². The summed E-state index contributed by atoms with van der Waals surface area (Å²) >= 11 is 0. The number of aryl methyl sites for hydroxylation is 1. The fraction of sp³-hybridized carbons (Fsp3) is 0.350. The lowest BCUT2D eigenvalue weighted by Gasteiger charge is -2.17. The zero-order valence-corrected chi connectivity index (χ0v) is 16.1. The molecule has 3 aromatic rings. The first kappa shape index (κ1) is 18.1. The van der Waals surface area contributed by atoms with E-state index in [4.69, 9.17) is 4.74 Å². The number of amides is 2. The number of anilines is 1. The van der Waals surface area contributed by atoms with Gasteiger partial charge in [-0.2, -0.15) is 10.2 Å². The normalized spacial score (nSPS) is 14.5. The molecule has 1 aromatic carbocycles. The molecule has 8 nitrogen and oxygen atoms in total. The molecule has 2 amide bonds. The molecule has 1 aliphatic rings. The van der Waals surface area contributed by atoms with Gasteiger partial charge in [0.1, 0.15) is 11.6 Å². The van der Waals surface area contributed by atoms with Crippen molar-refractivity contribution in [2.24, 2.45) is 5.41 Å². The number of rotatable bonds is 7. The maximum absolute atomic E-state index is 12.5. The first-order chi connectivity index (χ1) is 13.6. The topological polar surface area (TPSA) is 86.0 Å². The van der Waals surface area contributed by atoms with Gasteiger partial charge >= 0.3 is 6.03 Å². The number of aromatic nitrogens is 4. The average molecular weight is 380 g/mol. The maximum atomic E-state index is 12.5. The van der Waals surface area contributed by atoms with Crippen molar-refractivity contribution in [2.75, 3.05) is 19.0 Å². The number of carbonyl (C=O) groups is 1. The zero-order valence-electron chi connectivity index (χ0n) is 16.1. The Morgan fingerprint density at radius 1 is 1.29 bits per heavy atom. The molecule has 146 valence electrons. The number of nitrogens with zero attached hydrogens (tertiary/aromatic N) is 4. The molecule has 0 bridgehead atoms. The molecule has 2 aromatic heterocycles. The molecule has 1 saturated carbocycles. The molecule has 0 aliphatic heterocycles. The van der Waals surface area contributed by atoms with E-state index in [0.717, 1.165) is 36.5 Å². The number of urea groups is 1. The van der Waals surface area contributed by atoms with Gasteiger partial charge < -0.3 is 10.1 Å². The summed E-state index contributed by atoms with van der Waals surface area (Å²) in [7, 11) is 1.63. The van der Waals surface area contributed by atoms with Crippen LogP contribution >= 0.6 is 0 Å². The summed E-state index contributed by atoms with van der Waals surface area (Å²) in [5, 5.41) is 14.7. The van der Waals surface area contributed by atoms with E-state index in [1.165, 1.54) is 0 Å². The van der Waals surface area contributed by atoms with Crippen LogP contribution in [0, 0.1) is 12.3 Å². The summed E-state index contributed by atoms with van der Waals surface area (Å²) < 4.78 is 8.84. The Hall–Kier alpha value is -3.29. The predicted molar refractivity (Wildman–Crippen MR) is 106 cm³/mol. The van der Waals surface area contributed by atoms with Gasteiger partial charge in [-0.15, -0.1) is 0 Å². The summed E-state index contributed by atoms with van der Waals surface area (Å²) in [5.41, 5.74) is 1.78. The van der Waals surface area contributed by atoms with E-state index in [0.29, 0.717) is 12.4 Å². The number of benzene rings is 1. The van der Waals surface area contributed by atoms with Crippen molar-refractivity contribution in [1.82, 2.24) is 24.9 Å². The highest BCUT2D eigenvalue weighted by Gasteiger charge is 2.43. The summed E-state index contributed by atoms with van der Waals surface area (Å²) in [4.78, 5) is 12.5. The first-order valence-corrected chi connectivity index (χ1v) is 9.30. The number of methoxy groups -OCH3 is 1. The Bertz CT molecular complexity index is 942. The third kappa shape index (κ3) is 4.00. The van der Waals surface area contributed by atoms with Crippen LogP contribution in [0.4, 0.5) is 10.6 Å². The Balaban J connectivity index is 1.39. The van der Waals surface area contributed by atoms with Crippen LogP contribution in [0.25, 0.3) is 5.69 Å². The van der Waals surface area contributed by atoms with Crippen LogP contribution in [-0.4, -0.2) is 39.2 Å². The largest absolute Gasteiger partial charge is 0.497 e. The number of ether oxygens (including phenoxy) is 1. The SMILES string of the molecule is COc1ccc(-n2nc(C)cc2NC(=O)NCC2(Cn3cccn3)CC2)cc1. The molecule has 0 radical (unpaired) electrons. The van der Waals surface area contributed by atoms with Crippen LogP contribution in [0.5, 0.6) is 5.75 Å². The third-order valence-corrected chi connectivity index (χ3v) is 5.03. The van der Waals surface area contributed by atoms with Crippen LogP contribution in [0.3, 0.4) is 0 Å². The van der Waals surface area contributed by atoms with Crippen LogP contribution in [0.2, 0.25) is 0 Å². The Morgan fingerprint density at radius 2 is 2.07 bits per heavy atom. The lowest BCUT2D eigenvalue weighted by Crippen LogP contribution is -2.35. The molecule has 4 rings (SSSR count). The summed E-state index contributed by atoms with van der Waals surface area (Å²) in [6, 6.07) is 11.1. The minimum absolute atomic E-state index is 0.107. The fourth-order valence-corrected chi connectivity index (χ4v) is 3.24. The lowest BCUT2D eigenvalue weighted by molar-refractivity contribution is 0.247. The number of hydrogen-bond donors (Lipinski definition) is 2. The van der Waals surface area contributed by atoms with Gasteiger partial charge in [0.15, 0.2) is 0 Å². The van der Waals surface area contributed by atoms with E-state index in [-0.39, 0.29) is 11.4 Å². The predicted octanol–water partition coefficient (Wildman–Crippen LogP) is 2.99. The summed E-state index contributed by atoms with van der Waals surface area (Å²) in [6.07, 6.45) is 5.92. The highest BCUT2D eigenvalue weighted by Crippen LogP contribution is 2.46. The second-order valence-electron chi connectivity index (χ2n) is 7.29. The Morgan fingerprint density at radius 3 is 2.71 bits per heavy atom. The fourth-order valence-electron chi connectivity index (χ4n) is 3.24. The molecule has 1 fully saturated rings. The minimum atomic E-state index is -0.235. The van der Waals surface area contributed by atoms with Gasteiger partial charge in [-0.3, -0.25) is 10.00 Å². The summed E-state index contributed by atoms with van der Waals surface area (Å²) in [6.45, 7) is 3.34. The third-order valence-electron chi connectivity index (χ3n) is 5.03. The van der Waals surface area contributed by atoms with Crippen molar-refractivity contribution in [3.05, 3.63) is 54.5 Å². The quantitative estimate of drug-likeness (QED) is 0.660. The van der Waals surface area contributed by atoms with Gasteiger partial charge in [0.05, 0.1) is 18.5 Å². The minimum Gasteiger partial charge on any atom is -0.497 e. The van der Waals surface area contributed by atoms with Crippen LogP contribution in [0.15, 0.2) is 48.8 Å². The van der Waals surface area contributed by atoms with Gasteiger partial charge in [-0.1, -0.05) is 0 Å². The van der Waals surface area contributed by atoms with Crippen LogP contribution in [-0.2, 0) is 6.54 Å². The molecule has 0 spiro atoms. The summed E-state index contributed by atoms with van der Waals surface area (Å²) in [5.74, 6) is 1.39. The number of carbonyl (C=O) groups excluding carboxylic acids is 1. The average Bonchev–Trinajstić information content (AvgIpc) is 3.08. The van der Waals surface area contributed by atoms with Crippen molar-refractivity contribution in [1.29, 1.82) is 0 Å². The second kappa shape index (κ2) is 7.38. The number of hydrogen-bond acceptors (Lipinski definition) is 4. The molecule has 0 unspecified atom stereocenters. The van der Waals surface area contributed by atoms with E-state index < -0.39 is 0 Å². The van der Waals surface area contributed by atoms with Crippen molar-refractivity contribution in [2.45, 2.75) is 26.3 Å². The van der Waals surface area contributed by atoms with E-state index in [1.807, 2.05) is 54.2 Å². The van der Waals surface area contributed by atoms with Crippen molar-refractivity contribution < 1.29 is 9.53 Å².